The predicted octanol–water partition coefficient (Wildman–Crippen LogP) is 5.11. The van der Waals surface area contributed by atoms with Crippen molar-refractivity contribution in [2.45, 2.75) is 13.8 Å². The van der Waals surface area contributed by atoms with Crippen LogP contribution in [0, 0.1) is 17.4 Å². The molecule has 1 aromatic heterocycles. The first-order valence-corrected chi connectivity index (χ1v) is 8.69. The molecule has 24 heavy (non-hydrogen) atoms. The molecular formula is C18H14ClIN2O2. The molecule has 0 aliphatic rings. The fourth-order valence-electron chi connectivity index (χ4n) is 2.74. The number of aryl methyl sites for hydroxylation is 1. The van der Waals surface area contributed by atoms with E-state index in [1.807, 2.05) is 48.9 Å². The van der Waals surface area contributed by atoms with Crippen LogP contribution >= 0.6 is 34.2 Å². The number of hydrogen-bond donors (Lipinski definition) is 1. The average molecular weight is 453 g/mol. The lowest BCUT2D eigenvalue weighted by Crippen LogP contribution is -1.99. The number of benzene rings is 2. The van der Waals surface area contributed by atoms with Gasteiger partial charge in [-0.15, -0.1) is 0 Å². The standard InChI is InChI=1S/C18H14ClIN2O2/c1-10-17(12-3-8-16(19)15(9-12)18(23)24)11(2)22(21-10)14-6-4-13(20)5-7-14/h3-9H,1-2H3,(H,23,24). The molecule has 0 unspecified atom stereocenters. The number of halogens is 2. The predicted molar refractivity (Wildman–Crippen MR) is 103 cm³/mol. The van der Waals surface area contributed by atoms with Crippen LogP contribution in [0.5, 0.6) is 0 Å². The molecule has 122 valence electrons. The zero-order valence-electron chi connectivity index (χ0n) is 13.0. The summed E-state index contributed by atoms with van der Waals surface area (Å²) in [5.74, 6) is -1.04. The Hall–Kier alpha value is -1.86. The van der Waals surface area contributed by atoms with Gasteiger partial charge in [0.25, 0.3) is 0 Å². The van der Waals surface area contributed by atoms with E-state index in [1.54, 1.807) is 12.1 Å². The monoisotopic (exact) mass is 452 g/mol. The Morgan fingerprint density at radius 3 is 2.46 bits per heavy atom. The van der Waals surface area contributed by atoms with Crippen LogP contribution in [0.2, 0.25) is 5.02 Å². The van der Waals surface area contributed by atoms with Crippen LogP contribution in [0.1, 0.15) is 21.7 Å². The Morgan fingerprint density at radius 2 is 1.83 bits per heavy atom. The van der Waals surface area contributed by atoms with Crippen molar-refractivity contribution >= 4 is 40.2 Å². The SMILES string of the molecule is Cc1nn(-c2ccc(I)cc2)c(C)c1-c1ccc(Cl)c(C(=O)O)c1. The maximum absolute atomic E-state index is 11.3. The van der Waals surface area contributed by atoms with Gasteiger partial charge in [0.05, 0.1) is 22.0 Å². The van der Waals surface area contributed by atoms with E-state index in [4.69, 9.17) is 11.6 Å². The number of hydrogen-bond acceptors (Lipinski definition) is 2. The molecular weight excluding hydrogens is 439 g/mol. The fourth-order valence-corrected chi connectivity index (χ4v) is 3.30. The van der Waals surface area contributed by atoms with Gasteiger partial charge in [-0.05, 0) is 78.4 Å². The molecule has 3 rings (SSSR count). The molecule has 0 spiro atoms. The van der Waals surface area contributed by atoms with Crippen molar-refractivity contribution in [1.82, 2.24) is 9.78 Å². The van der Waals surface area contributed by atoms with E-state index in [9.17, 15) is 9.90 Å². The Balaban J connectivity index is 2.15. The van der Waals surface area contributed by atoms with Crippen LogP contribution in [-0.2, 0) is 0 Å². The van der Waals surface area contributed by atoms with E-state index in [1.165, 1.54) is 0 Å². The first-order valence-electron chi connectivity index (χ1n) is 7.24. The third kappa shape index (κ3) is 3.06. The highest BCUT2D eigenvalue weighted by Crippen LogP contribution is 2.31. The fraction of sp³-hybridized carbons (Fsp3) is 0.111. The Bertz CT molecular complexity index is 933. The third-order valence-electron chi connectivity index (χ3n) is 3.85. The highest BCUT2D eigenvalue weighted by molar-refractivity contribution is 14.1. The first kappa shape index (κ1) is 17.0. The summed E-state index contributed by atoms with van der Waals surface area (Å²) in [5, 5.41) is 14.1. The molecule has 0 radical (unpaired) electrons. The van der Waals surface area contributed by atoms with Gasteiger partial charge < -0.3 is 5.11 Å². The minimum absolute atomic E-state index is 0.0926. The van der Waals surface area contributed by atoms with Gasteiger partial charge in [0.1, 0.15) is 0 Å². The Kier molecular flexibility index (Phi) is 4.64. The average Bonchev–Trinajstić information content (AvgIpc) is 2.83. The van der Waals surface area contributed by atoms with Crippen LogP contribution in [-0.4, -0.2) is 20.9 Å². The molecule has 0 atom stereocenters. The van der Waals surface area contributed by atoms with Gasteiger partial charge in [0.15, 0.2) is 0 Å². The third-order valence-corrected chi connectivity index (χ3v) is 4.90. The molecule has 1 N–H and O–H groups in total. The zero-order valence-corrected chi connectivity index (χ0v) is 16.0. The van der Waals surface area contributed by atoms with Crippen molar-refractivity contribution in [2.75, 3.05) is 0 Å². The summed E-state index contributed by atoms with van der Waals surface area (Å²) in [6, 6.07) is 13.1. The second-order valence-corrected chi connectivity index (χ2v) is 7.09. The molecule has 6 heteroatoms. The van der Waals surface area contributed by atoms with E-state index < -0.39 is 5.97 Å². The van der Waals surface area contributed by atoms with E-state index >= 15 is 0 Å². The van der Waals surface area contributed by atoms with Crippen molar-refractivity contribution in [2.24, 2.45) is 0 Å². The van der Waals surface area contributed by atoms with Crippen LogP contribution < -0.4 is 0 Å². The van der Waals surface area contributed by atoms with Gasteiger partial charge in [-0.3, -0.25) is 0 Å². The van der Waals surface area contributed by atoms with Crippen LogP contribution in [0.25, 0.3) is 16.8 Å². The Morgan fingerprint density at radius 1 is 1.17 bits per heavy atom. The number of rotatable bonds is 3. The summed E-state index contributed by atoms with van der Waals surface area (Å²) in [6.45, 7) is 3.89. The summed E-state index contributed by atoms with van der Waals surface area (Å²) in [7, 11) is 0. The summed E-state index contributed by atoms with van der Waals surface area (Å²) < 4.78 is 3.03. The van der Waals surface area contributed by atoms with E-state index in [-0.39, 0.29) is 10.6 Å². The van der Waals surface area contributed by atoms with Gasteiger partial charge >= 0.3 is 5.97 Å². The van der Waals surface area contributed by atoms with E-state index in [0.29, 0.717) is 0 Å². The second-order valence-electron chi connectivity index (χ2n) is 5.43. The number of nitrogens with zero attached hydrogens (tertiary/aromatic N) is 2. The largest absolute Gasteiger partial charge is 0.478 e. The number of carboxylic acid groups (broad SMARTS) is 1. The maximum atomic E-state index is 11.3. The number of carboxylic acids is 1. The highest BCUT2D eigenvalue weighted by Gasteiger charge is 2.17. The summed E-state index contributed by atoms with van der Waals surface area (Å²) in [6.07, 6.45) is 0. The number of carbonyl (C=O) groups is 1. The lowest BCUT2D eigenvalue weighted by molar-refractivity contribution is 0.0697. The molecule has 4 nitrogen and oxygen atoms in total. The normalized spacial score (nSPS) is 10.8. The lowest BCUT2D eigenvalue weighted by Gasteiger charge is -2.07. The van der Waals surface area contributed by atoms with Gasteiger partial charge in [-0.25, -0.2) is 9.48 Å². The Labute approximate surface area is 158 Å². The van der Waals surface area contributed by atoms with E-state index in [2.05, 4.69) is 27.7 Å². The molecule has 0 bridgehead atoms. The molecule has 0 fully saturated rings. The molecule has 0 aliphatic heterocycles. The van der Waals surface area contributed by atoms with Crippen molar-refractivity contribution in [3.05, 3.63) is 68.0 Å². The molecule has 2 aromatic carbocycles. The molecule has 0 saturated carbocycles. The molecule has 3 aromatic rings. The summed E-state index contributed by atoms with van der Waals surface area (Å²) in [4.78, 5) is 11.3. The second kappa shape index (κ2) is 6.57. The topological polar surface area (TPSA) is 55.1 Å². The zero-order chi connectivity index (χ0) is 17.4. The van der Waals surface area contributed by atoms with Crippen molar-refractivity contribution in [3.8, 4) is 16.8 Å². The van der Waals surface area contributed by atoms with Gasteiger partial charge in [-0.2, -0.15) is 5.10 Å². The van der Waals surface area contributed by atoms with Crippen LogP contribution in [0.15, 0.2) is 42.5 Å². The summed E-state index contributed by atoms with van der Waals surface area (Å²) in [5.41, 5.74) is 4.57. The van der Waals surface area contributed by atoms with Crippen molar-refractivity contribution in [3.63, 3.8) is 0 Å². The first-order chi connectivity index (χ1) is 11.4. The number of aromatic carboxylic acids is 1. The lowest BCUT2D eigenvalue weighted by atomic mass is 10.0. The van der Waals surface area contributed by atoms with Crippen LogP contribution in [0.3, 0.4) is 0 Å². The molecule has 0 aliphatic carbocycles. The molecule has 0 saturated heterocycles. The highest BCUT2D eigenvalue weighted by atomic mass is 127. The smallest absolute Gasteiger partial charge is 0.337 e. The van der Waals surface area contributed by atoms with Crippen molar-refractivity contribution < 1.29 is 9.90 Å². The van der Waals surface area contributed by atoms with Gasteiger partial charge in [0.2, 0.25) is 0 Å². The quantitative estimate of drug-likeness (QED) is 0.562. The maximum Gasteiger partial charge on any atom is 0.337 e. The van der Waals surface area contributed by atoms with Gasteiger partial charge in [-0.1, -0.05) is 17.7 Å². The number of aromatic nitrogens is 2. The minimum Gasteiger partial charge on any atom is -0.478 e. The summed E-state index contributed by atoms with van der Waals surface area (Å²) >= 11 is 8.23. The minimum atomic E-state index is -1.04. The molecule has 0 amide bonds. The molecule has 1 heterocycles. The van der Waals surface area contributed by atoms with E-state index in [0.717, 1.165) is 31.8 Å². The van der Waals surface area contributed by atoms with Crippen LogP contribution in [0.4, 0.5) is 0 Å². The van der Waals surface area contributed by atoms with Crippen molar-refractivity contribution in [1.29, 1.82) is 0 Å². The van der Waals surface area contributed by atoms with Gasteiger partial charge in [0, 0.05) is 14.8 Å².